The molecule has 0 radical (unpaired) electrons. The summed E-state index contributed by atoms with van der Waals surface area (Å²) in [5.74, 6) is 1.46. The van der Waals surface area contributed by atoms with Gasteiger partial charge in [0.1, 0.15) is 0 Å². The summed E-state index contributed by atoms with van der Waals surface area (Å²) < 4.78 is 0. The van der Waals surface area contributed by atoms with Crippen LogP contribution in [0.3, 0.4) is 0 Å². The molecule has 1 heterocycles. The summed E-state index contributed by atoms with van der Waals surface area (Å²) in [7, 11) is 0. The maximum atomic E-state index is 12.0. The predicted octanol–water partition coefficient (Wildman–Crippen LogP) is 3.33. The lowest BCUT2D eigenvalue weighted by Crippen LogP contribution is -2.40. The van der Waals surface area contributed by atoms with Gasteiger partial charge in [0.25, 0.3) is 0 Å². The Morgan fingerprint density at radius 1 is 1.24 bits per heavy atom. The van der Waals surface area contributed by atoms with Crippen LogP contribution < -0.4 is 11.1 Å². The Morgan fingerprint density at radius 3 is 2.44 bits per heavy atom. The van der Waals surface area contributed by atoms with E-state index in [-0.39, 0.29) is 18.3 Å². The Balaban J connectivity index is 0.00000312. The van der Waals surface area contributed by atoms with Crippen LogP contribution in [0.15, 0.2) is 24.3 Å². The minimum absolute atomic E-state index is 0. The second-order valence-corrected chi connectivity index (χ2v) is 7.52. The molecular weight excluding hydrogens is 334 g/mol. The Kier molecular flexibility index (Phi) is 9.47. The SMILES string of the molecule is CCCC(N)C(=O)NCc1ccccc1CN1CC(C)CC(C)C1.Cl. The van der Waals surface area contributed by atoms with Gasteiger partial charge in [-0.15, -0.1) is 12.4 Å². The highest BCUT2D eigenvalue weighted by atomic mass is 35.5. The molecule has 0 spiro atoms. The van der Waals surface area contributed by atoms with Gasteiger partial charge in [0, 0.05) is 26.2 Å². The zero-order chi connectivity index (χ0) is 17.5. The Labute approximate surface area is 158 Å². The van der Waals surface area contributed by atoms with Gasteiger partial charge >= 0.3 is 0 Å². The molecule has 0 saturated carbocycles. The third-order valence-corrected chi connectivity index (χ3v) is 4.85. The van der Waals surface area contributed by atoms with Crippen LogP contribution in [0.5, 0.6) is 0 Å². The number of nitrogens with one attached hydrogen (secondary N) is 1. The van der Waals surface area contributed by atoms with Crippen LogP contribution in [0.2, 0.25) is 0 Å². The number of hydrogen-bond acceptors (Lipinski definition) is 3. The molecule has 1 aromatic rings. The van der Waals surface area contributed by atoms with Gasteiger partial charge in [-0.05, 0) is 35.8 Å². The predicted molar refractivity (Wildman–Crippen MR) is 107 cm³/mol. The average molecular weight is 368 g/mol. The third kappa shape index (κ3) is 6.96. The number of amides is 1. The van der Waals surface area contributed by atoms with Crippen molar-refractivity contribution in [3.8, 4) is 0 Å². The summed E-state index contributed by atoms with van der Waals surface area (Å²) in [6, 6.07) is 8.01. The summed E-state index contributed by atoms with van der Waals surface area (Å²) in [4.78, 5) is 14.6. The van der Waals surface area contributed by atoms with Gasteiger partial charge in [0.15, 0.2) is 0 Å². The number of carbonyl (C=O) groups is 1. The molecule has 4 nitrogen and oxygen atoms in total. The lowest BCUT2D eigenvalue weighted by Gasteiger charge is -2.35. The second-order valence-electron chi connectivity index (χ2n) is 7.52. The Bertz CT molecular complexity index is 527. The molecule has 2 rings (SSSR count). The van der Waals surface area contributed by atoms with Crippen molar-refractivity contribution in [2.45, 2.75) is 59.2 Å². The summed E-state index contributed by atoms with van der Waals surface area (Å²) in [5.41, 5.74) is 8.39. The van der Waals surface area contributed by atoms with Gasteiger partial charge in [-0.1, -0.05) is 51.5 Å². The number of likely N-dealkylation sites (tertiary alicyclic amines) is 1. The number of halogens is 1. The van der Waals surface area contributed by atoms with Crippen molar-refractivity contribution in [3.63, 3.8) is 0 Å². The van der Waals surface area contributed by atoms with Gasteiger partial charge in [0.2, 0.25) is 5.91 Å². The van der Waals surface area contributed by atoms with E-state index in [1.54, 1.807) is 0 Å². The van der Waals surface area contributed by atoms with Crippen molar-refractivity contribution >= 4 is 18.3 Å². The fraction of sp³-hybridized carbons (Fsp3) is 0.650. The molecule has 1 saturated heterocycles. The third-order valence-electron chi connectivity index (χ3n) is 4.85. The molecule has 1 amide bonds. The van der Waals surface area contributed by atoms with Crippen LogP contribution in [0, 0.1) is 11.8 Å². The van der Waals surface area contributed by atoms with Crippen molar-refractivity contribution in [1.29, 1.82) is 0 Å². The first kappa shape index (κ1) is 21.9. The molecular formula is C20H34ClN3O. The van der Waals surface area contributed by atoms with E-state index in [0.717, 1.165) is 44.3 Å². The fourth-order valence-electron chi connectivity index (χ4n) is 3.80. The zero-order valence-corrected chi connectivity index (χ0v) is 16.6. The molecule has 1 aliphatic rings. The van der Waals surface area contributed by atoms with Crippen molar-refractivity contribution in [2.24, 2.45) is 17.6 Å². The highest BCUT2D eigenvalue weighted by Crippen LogP contribution is 2.23. The van der Waals surface area contributed by atoms with E-state index >= 15 is 0 Å². The molecule has 3 N–H and O–H groups in total. The van der Waals surface area contributed by atoms with E-state index < -0.39 is 6.04 Å². The quantitative estimate of drug-likeness (QED) is 0.777. The van der Waals surface area contributed by atoms with Gasteiger partial charge in [-0.25, -0.2) is 0 Å². The number of piperidine rings is 1. The molecule has 1 aliphatic heterocycles. The van der Waals surface area contributed by atoms with Crippen LogP contribution in [0.1, 0.15) is 51.2 Å². The minimum atomic E-state index is -0.397. The molecule has 5 heteroatoms. The highest BCUT2D eigenvalue weighted by molar-refractivity contribution is 5.85. The summed E-state index contributed by atoms with van der Waals surface area (Å²) in [6.07, 6.45) is 2.98. The smallest absolute Gasteiger partial charge is 0.237 e. The standard InChI is InChI=1S/C20H33N3O.ClH/c1-4-7-19(21)20(24)22-11-17-8-5-6-9-18(17)14-23-12-15(2)10-16(3)13-23;/h5-6,8-9,15-16,19H,4,7,10-14,21H2,1-3H3,(H,22,24);1H. The molecule has 0 aromatic heterocycles. The molecule has 25 heavy (non-hydrogen) atoms. The number of carbonyl (C=O) groups excluding carboxylic acids is 1. The van der Waals surface area contributed by atoms with Gasteiger partial charge in [-0.2, -0.15) is 0 Å². The number of benzene rings is 1. The van der Waals surface area contributed by atoms with Gasteiger partial charge < -0.3 is 11.1 Å². The summed E-state index contributed by atoms with van der Waals surface area (Å²) in [5, 5.41) is 3.00. The highest BCUT2D eigenvalue weighted by Gasteiger charge is 2.22. The Hall–Kier alpha value is -1.10. The normalized spacial score (nSPS) is 22.1. The topological polar surface area (TPSA) is 58.4 Å². The molecule has 1 fully saturated rings. The van der Waals surface area contributed by atoms with Gasteiger partial charge in [0.05, 0.1) is 6.04 Å². The van der Waals surface area contributed by atoms with E-state index in [1.165, 1.54) is 17.5 Å². The number of nitrogens with two attached hydrogens (primary N) is 1. The van der Waals surface area contributed by atoms with Crippen molar-refractivity contribution in [2.75, 3.05) is 13.1 Å². The first-order valence-electron chi connectivity index (χ1n) is 9.32. The van der Waals surface area contributed by atoms with E-state index in [1.807, 2.05) is 13.0 Å². The Morgan fingerprint density at radius 2 is 1.84 bits per heavy atom. The largest absolute Gasteiger partial charge is 0.351 e. The van der Waals surface area contributed by atoms with Crippen LogP contribution >= 0.6 is 12.4 Å². The van der Waals surface area contributed by atoms with E-state index in [9.17, 15) is 4.79 Å². The zero-order valence-electron chi connectivity index (χ0n) is 15.8. The first-order chi connectivity index (χ1) is 11.5. The molecule has 142 valence electrons. The molecule has 3 atom stereocenters. The lowest BCUT2D eigenvalue weighted by atomic mass is 9.91. The number of rotatable bonds is 7. The number of nitrogens with zero attached hydrogens (tertiary/aromatic N) is 1. The summed E-state index contributed by atoms with van der Waals surface area (Å²) in [6.45, 7) is 10.6. The van der Waals surface area contributed by atoms with Crippen LogP contribution in [-0.2, 0) is 17.9 Å². The fourth-order valence-corrected chi connectivity index (χ4v) is 3.80. The molecule has 0 aliphatic carbocycles. The molecule has 1 aromatic carbocycles. The van der Waals surface area contributed by atoms with Crippen LogP contribution in [-0.4, -0.2) is 29.9 Å². The molecule has 3 unspecified atom stereocenters. The maximum absolute atomic E-state index is 12.0. The van der Waals surface area contributed by atoms with Crippen LogP contribution in [0.25, 0.3) is 0 Å². The van der Waals surface area contributed by atoms with Gasteiger partial charge in [-0.3, -0.25) is 9.69 Å². The average Bonchev–Trinajstić information content (AvgIpc) is 2.53. The number of hydrogen-bond donors (Lipinski definition) is 2. The van der Waals surface area contributed by atoms with Crippen LogP contribution in [0.4, 0.5) is 0 Å². The second kappa shape index (κ2) is 10.8. The van der Waals surface area contributed by atoms with E-state index in [2.05, 4.69) is 42.3 Å². The molecule has 0 bridgehead atoms. The first-order valence-corrected chi connectivity index (χ1v) is 9.32. The van der Waals surface area contributed by atoms with E-state index in [0.29, 0.717) is 6.54 Å². The lowest BCUT2D eigenvalue weighted by molar-refractivity contribution is -0.122. The summed E-state index contributed by atoms with van der Waals surface area (Å²) >= 11 is 0. The maximum Gasteiger partial charge on any atom is 0.237 e. The van der Waals surface area contributed by atoms with Crippen molar-refractivity contribution in [1.82, 2.24) is 10.2 Å². The van der Waals surface area contributed by atoms with Crippen molar-refractivity contribution in [3.05, 3.63) is 35.4 Å². The minimum Gasteiger partial charge on any atom is -0.351 e. The van der Waals surface area contributed by atoms with Crippen molar-refractivity contribution < 1.29 is 4.79 Å². The monoisotopic (exact) mass is 367 g/mol. The van der Waals surface area contributed by atoms with E-state index in [4.69, 9.17) is 5.73 Å².